The SMILES string of the molecule is CCOc1cc(C(CC#N)N2C(=O)c3cccc(NC(C)C=O)c3C2=O)ccc1OC. The number of hydrogen-bond acceptors (Lipinski definition) is 7. The molecule has 0 aliphatic carbocycles. The Bertz CT molecular complexity index is 1060. The van der Waals surface area contributed by atoms with Gasteiger partial charge in [-0.05, 0) is 43.7 Å². The van der Waals surface area contributed by atoms with E-state index in [-0.39, 0.29) is 17.5 Å². The van der Waals surface area contributed by atoms with Crippen molar-refractivity contribution >= 4 is 23.8 Å². The standard InChI is InChI=1S/C23H23N3O5/c1-4-31-20-12-15(8-9-19(20)30-3)18(10-11-24)26-22(28)16-6-5-7-17(21(16)23(26)29)25-14(2)13-27/h5-9,12-14,18,25H,4,10H2,1-3H3. The summed E-state index contributed by atoms with van der Waals surface area (Å²) >= 11 is 0. The molecule has 8 nitrogen and oxygen atoms in total. The van der Waals surface area contributed by atoms with E-state index in [9.17, 15) is 19.6 Å². The van der Waals surface area contributed by atoms with E-state index in [1.54, 1.807) is 43.3 Å². The summed E-state index contributed by atoms with van der Waals surface area (Å²) in [5.74, 6) is -0.0334. The van der Waals surface area contributed by atoms with Gasteiger partial charge in [0.1, 0.15) is 6.29 Å². The van der Waals surface area contributed by atoms with Gasteiger partial charge in [0.05, 0.1) is 49.4 Å². The number of amides is 2. The summed E-state index contributed by atoms with van der Waals surface area (Å²) in [6, 6.07) is 10.7. The van der Waals surface area contributed by atoms with Gasteiger partial charge in [0.25, 0.3) is 11.8 Å². The molecule has 31 heavy (non-hydrogen) atoms. The highest BCUT2D eigenvalue weighted by Gasteiger charge is 2.42. The fourth-order valence-electron chi connectivity index (χ4n) is 3.60. The molecule has 0 saturated heterocycles. The van der Waals surface area contributed by atoms with Crippen molar-refractivity contribution in [1.29, 1.82) is 5.26 Å². The van der Waals surface area contributed by atoms with Crippen LogP contribution in [-0.2, 0) is 4.79 Å². The Morgan fingerprint density at radius 3 is 2.61 bits per heavy atom. The smallest absolute Gasteiger partial charge is 0.264 e. The molecule has 1 aliphatic heterocycles. The van der Waals surface area contributed by atoms with Crippen LogP contribution in [0.2, 0.25) is 0 Å². The van der Waals surface area contributed by atoms with Crippen molar-refractivity contribution in [3.05, 3.63) is 53.1 Å². The summed E-state index contributed by atoms with van der Waals surface area (Å²) < 4.78 is 10.9. The van der Waals surface area contributed by atoms with Crippen molar-refractivity contribution in [3.8, 4) is 17.6 Å². The number of carbonyl (C=O) groups is 3. The molecule has 1 heterocycles. The Balaban J connectivity index is 2.05. The van der Waals surface area contributed by atoms with Crippen LogP contribution in [-0.4, -0.2) is 42.8 Å². The number of anilines is 1. The van der Waals surface area contributed by atoms with Crippen LogP contribution >= 0.6 is 0 Å². The van der Waals surface area contributed by atoms with Crippen molar-refractivity contribution in [2.75, 3.05) is 19.0 Å². The quantitative estimate of drug-likeness (QED) is 0.488. The van der Waals surface area contributed by atoms with E-state index in [2.05, 4.69) is 11.4 Å². The number of nitrogens with one attached hydrogen (secondary N) is 1. The molecule has 2 amide bonds. The number of hydrogen-bond donors (Lipinski definition) is 1. The third kappa shape index (κ3) is 4.08. The highest BCUT2D eigenvalue weighted by molar-refractivity contribution is 6.24. The Hall–Kier alpha value is -3.86. The molecule has 160 valence electrons. The maximum absolute atomic E-state index is 13.3. The monoisotopic (exact) mass is 421 g/mol. The number of methoxy groups -OCH3 is 1. The van der Waals surface area contributed by atoms with Gasteiger partial charge in [-0.1, -0.05) is 12.1 Å². The maximum Gasteiger partial charge on any atom is 0.264 e. The number of fused-ring (bicyclic) bond motifs is 1. The number of ether oxygens (including phenoxy) is 2. The topological polar surface area (TPSA) is 109 Å². The van der Waals surface area contributed by atoms with E-state index in [0.717, 1.165) is 4.90 Å². The van der Waals surface area contributed by atoms with Gasteiger partial charge in [0.2, 0.25) is 0 Å². The molecule has 2 unspecified atom stereocenters. The highest BCUT2D eigenvalue weighted by atomic mass is 16.5. The zero-order valence-corrected chi connectivity index (χ0v) is 17.5. The van der Waals surface area contributed by atoms with Crippen LogP contribution in [0.15, 0.2) is 36.4 Å². The number of aldehydes is 1. The Labute approximate surface area is 180 Å². The van der Waals surface area contributed by atoms with E-state index in [4.69, 9.17) is 9.47 Å². The lowest BCUT2D eigenvalue weighted by atomic mass is 10.0. The molecule has 0 bridgehead atoms. The van der Waals surface area contributed by atoms with Crippen LogP contribution in [0.5, 0.6) is 11.5 Å². The molecule has 1 aliphatic rings. The van der Waals surface area contributed by atoms with Crippen LogP contribution in [0.25, 0.3) is 0 Å². The second-order valence-electron chi connectivity index (χ2n) is 7.00. The summed E-state index contributed by atoms with van der Waals surface area (Å²) in [4.78, 5) is 38.7. The first kappa shape index (κ1) is 21.8. The van der Waals surface area contributed by atoms with Gasteiger partial charge in [-0.3, -0.25) is 14.5 Å². The molecule has 8 heteroatoms. The second-order valence-corrected chi connectivity index (χ2v) is 7.00. The van der Waals surface area contributed by atoms with Gasteiger partial charge in [0.15, 0.2) is 11.5 Å². The first-order valence-corrected chi connectivity index (χ1v) is 9.87. The summed E-state index contributed by atoms with van der Waals surface area (Å²) in [7, 11) is 1.52. The third-order valence-electron chi connectivity index (χ3n) is 5.00. The number of benzene rings is 2. The average molecular weight is 421 g/mol. The lowest BCUT2D eigenvalue weighted by molar-refractivity contribution is -0.108. The largest absolute Gasteiger partial charge is 0.493 e. The van der Waals surface area contributed by atoms with Gasteiger partial charge in [0, 0.05) is 5.69 Å². The number of imide groups is 1. The van der Waals surface area contributed by atoms with E-state index >= 15 is 0 Å². The minimum atomic E-state index is -0.807. The summed E-state index contributed by atoms with van der Waals surface area (Å²) in [5, 5.41) is 12.4. The third-order valence-corrected chi connectivity index (χ3v) is 5.00. The molecule has 2 atom stereocenters. The number of carbonyl (C=O) groups excluding carboxylic acids is 3. The predicted molar refractivity (Wildman–Crippen MR) is 113 cm³/mol. The lowest BCUT2D eigenvalue weighted by Crippen LogP contribution is -2.34. The fraction of sp³-hybridized carbons (Fsp3) is 0.304. The molecule has 0 fully saturated rings. The first-order chi connectivity index (χ1) is 15.0. The van der Waals surface area contributed by atoms with E-state index in [0.29, 0.717) is 35.6 Å². The Morgan fingerprint density at radius 1 is 1.19 bits per heavy atom. The van der Waals surface area contributed by atoms with Crippen LogP contribution in [0.3, 0.4) is 0 Å². The molecule has 1 N–H and O–H groups in total. The van der Waals surface area contributed by atoms with Crippen LogP contribution < -0.4 is 14.8 Å². The van der Waals surface area contributed by atoms with E-state index < -0.39 is 23.9 Å². The second kappa shape index (κ2) is 9.30. The number of nitrogens with zero attached hydrogens (tertiary/aromatic N) is 2. The van der Waals surface area contributed by atoms with Crippen molar-refractivity contribution in [1.82, 2.24) is 4.90 Å². The average Bonchev–Trinajstić information content (AvgIpc) is 3.03. The zero-order valence-electron chi connectivity index (χ0n) is 17.5. The van der Waals surface area contributed by atoms with E-state index in [1.165, 1.54) is 7.11 Å². The summed E-state index contributed by atoms with van der Waals surface area (Å²) in [5.41, 5.74) is 1.41. The van der Waals surface area contributed by atoms with Crippen molar-refractivity contribution in [2.24, 2.45) is 0 Å². The minimum Gasteiger partial charge on any atom is -0.493 e. The van der Waals surface area contributed by atoms with Crippen molar-refractivity contribution in [3.63, 3.8) is 0 Å². The molecule has 3 rings (SSSR count). The zero-order chi connectivity index (χ0) is 22.5. The fourth-order valence-corrected chi connectivity index (χ4v) is 3.60. The molecule has 0 aromatic heterocycles. The number of rotatable bonds is 9. The minimum absolute atomic E-state index is 0.0864. The van der Waals surface area contributed by atoms with Crippen LogP contribution in [0.4, 0.5) is 5.69 Å². The normalized spacial score (nSPS) is 14.5. The Morgan fingerprint density at radius 2 is 1.97 bits per heavy atom. The van der Waals surface area contributed by atoms with Gasteiger partial charge in [-0.15, -0.1) is 0 Å². The molecular formula is C23H23N3O5. The molecule has 0 radical (unpaired) electrons. The van der Waals surface area contributed by atoms with Crippen LogP contribution in [0, 0.1) is 11.3 Å². The van der Waals surface area contributed by atoms with Gasteiger partial charge < -0.3 is 19.6 Å². The van der Waals surface area contributed by atoms with Gasteiger partial charge in [-0.2, -0.15) is 5.26 Å². The van der Waals surface area contributed by atoms with Crippen LogP contribution in [0.1, 0.15) is 52.6 Å². The van der Waals surface area contributed by atoms with Gasteiger partial charge >= 0.3 is 0 Å². The van der Waals surface area contributed by atoms with Gasteiger partial charge in [-0.25, -0.2) is 0 Å². The van der Waals surface area contributed by atoms with Crippen molar-refractivity contribution in [2.45, 2.75) is 32.4 Å². The lowest BCUT2D eigenvalue weighted by Gasteiger charge is -2.25. The molecule has 0 spiro atoms. The summed E-state index contributed by atoms with van der Waals surface area (Å²) in [6.07, 6.45) is 0.625. The molecule has 2 aromatic rings. The highest BCUT2D eigenvalue weighted by Crippen LogP contribution is 2.39. The molecule has 2 aromatic carbocycles. The maximum atomic E-state index is 13.3. The first-order valence-electron chi connectivity index (χ1n) is 9.87. The molecular weight excluding hydrogens is 398 g/mol. The summed E-state index contributed by atoms with van der Waals surface area (Å²) in [6.45, 7) is 3.88. The van der Waals surface area contributed by atoms with E-state index in [1.807, 2.05) is 6.92 Å². The predicted octanol–water partition coefficient (Wildman–Crippen LogP) is 3.34. The number of nitriles is 1. The molecule has 0 saturated carbocycles. The van der Waals surface area contributed by atoms with Crippen molar-refractivity contribution < 1.29 is 23.9 Å². The Kier molecular flexibility index (Phi) is 6.55.